The molecule has 7 heteroatoms. The number of amides is 1. The smallest absolute Gasteiger partial charge is 0.329 e. The summed E-state index contributed by atoms with van der Waals surface area (Å²) in [6.45, 7) is 4.27. The van der Waals surface area contributed by atoms with Crippen LogP contribution >= 0.6 is 0 Å². The molecule has 7 nitrogen and oxygen atoms in total. The van der Waals surface area contributed by atoms with Crippen LogP contribution in [-0.4, -0.2) is 50.7 Å². The molecule has 0 aromatic heterocycles. The van der Waals surface area contributed by atoms with Crippen molar-refractivity contribution in [2.45, 2.75) is 32.7 Å². The fourth-order valence-electron chi connectivity index (χ4n) is 1.42. The minimum Gasteiger partial charge on any atom is -0.467 e. The number of esters is 2. The minimum atomic E-state index is -0.718. The first-order chi connectivity index (χ1) is 9.01. The van der Waals surface area contributed by atoms with Gasteiger partial charge in [0.1, 0.15) is 6.04 Å². The summed E-state index contributed by atoms with van der Waals surface area (Å²) >= 11 is 0. The van der Waals surface area contributed by atoms with Crippen molar-refractivity contribution in [2.75, 3.05) is 26.8 Å². The Bertz CT molecular complexity index is 306. The lowest BCUT2D eigenvalue weighted by Crippen LogP contribution is -2.47. The Morgan fingerprint density at radius 3 is 2.47 bits per heavy atom. The highest BCUT2D eigenvalue weighted by Crippen LogP contribution is 1.92. The maximum Gasteiger partial charge on any atom is 0.329 e. The topological polar surface area (TPSA) is 93.7 Å². The standard InChI is InChI=1S/C12H22N2O5/c1-4-19-11(16)6-5-7-13-8-10(12(17)18-3)14-9(2)15/h10,13H,4-8H2,1-3H3,(H,14,15). The Morgan fingerprint density at radius 1 is 1.26 bits per heavy atom. The number of carbonyl (C=O) groups is 3. The van der Waals surface area contributed by atoms with E-state index in [-0.39, 0.29) is 18.4 Å². The molecule has 0 aromatic rings. The first-order valence-electron chi connectivity index (χ1n) is 6.22. The van der Waals surface area contributed by atoms with Crippen molar-refractivity contribution in [3.8, 4) is 0 Å². The van der Waals surface area contributed by atoms with Crippen LogP contribution in [0.15, 0.2) is 0 Å². The predicted octanol–water partition coefficient (Wildman–Crippen LogP) is -0.403. The van der Waals surface area contributed by atoms with Crippen LogP contribution in [0.5, 0.6) is 0 Å². The lowest BCUT2D eigenvalue weighted by Gasteiger charge is -2.15. The van der Waals surface area contributed by atoms with Gasteiger partial charge in [-0.1, -0.05) is 0 Å². The Hall–Kier alpha value is -1.63. The molecular weight excluding hydrogens is 252 g/mol. The van der Waals surface area contributed by atoms with Crippen molar-refractivity contribution < 1.29 is 23.9 Å². The van der Waals surface area contributed by atoms with Gasteiger partial charge in [0.15, 0.2) is 0 Å². The zero-order valence-corrected chi connectivity index (χ0v) is 11.7. The summed E-state index contributed by atoms with van der Waals surface area (Å²) in [6.07, 6.45) is 0.927. The number of hydrogen-bond acceptors (Lipinski definition) is 6. The zero-order chi connectivity index (χ0) is 14.7. The molecule has 0 heterocycles. The van der Waals surface area contributed by atoms with Crippen molar-refractivity contribution in [3.05, 3.63) is 0 Å². The van der Waals surface area contributed by atoms with Crippen molar-refractivity contribution >= 4 is 17.8 Å². The summed E-state index contributed by atoms with van der Waals surface area (Å²) < 4.78 is 9.35. The molecule has 0 rings (SSSR count). The fraction of sp³-hybridized carbons (Fsp3) is 0.750. The lowest BCUT2D eigenvalue weighted by atomic mass is 10.2. The molecule has 1 amide bonds. The van der Waals surface area contributed by atoms with Gasteiger partial charge in [0.05, 0.1) is 13.7 Å². The summed E-state index contributed by atoms with van der Waals surface area (Å²) in [5.41, 5.74) is 0. The van der Waals surface area contributed by atoms with Gasteiger partial charge in [-0.15, -0.1) is 0 Å². The van der Waals surface area contributed by atoms with E-state index in [0.29, 0.717) is 26.0 Å². The van der Waals surface area contributed by atoms with Crippen LogP contribution in [0.25, 0.3) is 0 Å². The minimum absolute atomic E-state index is 0.240. The fourth-order valence-corrected chi connectivity index (χ4v) is 1.42. The van der Waals surface area contributed by atoms with E-state index in [1.165, 1.54) is 14.0 Å². The molecule has 19 heavy (non-hydrogen) atoms. The molecule has 0 spiro atoms. The second kappa shape index (κ2) is 10.3. The van der Waals surface area contributed by atoms with Crippen LogP contribution < -0.4 is 10.6 Å². The lowest BCUT2D eigenvalue weighted by molar-refractivity contribution is -0.145. The second-order valence-corrected chi connectivity index (χ2v) is 3.89. The highest BCUT2D eigenvalue weighted by atomic mass is 16.5. The largest absolute Gasteiger partial charge is 0.467 e. The van der Waals surface area contributed by atoms with Crippen molar-refractivity contribution in [1.82, 2.24) is 10.6 Å². The Kier molecular flexibility index (Phi) is 9.42. The molecule has 0 aromatic carbocycles. The molecule has 2 N–H and O–H groups in total. The number of carbonyl (C=O) groups excluding carboxylic acids is 3. The number of nitrogens with one attached hydrogen (secondary N) is 2. The number of ether oxygens (including phenoxy) is 2. The first kappa shape index (κ1) is 17.4. The van der Waals surface area contributed by atoms with Gasteiger partial charge in [-0.2, -0.15) is 0 Å². The monoisotopic (exact) mass is 274 g/mol. The van der Waals surface area contributed by atoms with Gasteiger partial charge in [0.2, 0.25) is 5.91 Å². The normalized spacial score (nSPS) is 11.5. The molecule has 0 fully saturated rings. The SMILES string of the molecule is CCOC(=O)CCCNCC(NC(C)=O)C(=O)OC. The molecule has 0 aliphatic heterocycles. The van der Waals surface area contributed by atoms with Gasteiger partial charge >= 0.3 is 11.9 Å². The third-order valence-electron chi connectivity index (χ3n) is 2.25. The molecule has 0 aliphatic carbocycles. The molecule has 1 unspecified atom stereocenters. The van der Waals surface area contributed by atoms with Crippen molar-refractivity contribution in [3.63, 3.8) is 0 Å². The van der Waals surface area contributed by atoms with Crippen molar-refractivity contribution in [1.29, 1.82) is 0 Å². The van der Waals surface area contributed by atoms with E-state index in [0.717, 1.165) is 0 Å². The molecule has 110 valence electrons. The van der Waals surface area contributed by atoms with Crippen LogP contribution in [0.2, 0.25) is 0 Å². The van der Waals surface area contributed by atoms with E-state index in [2.05, 4.69) is 15.4 Å². The van der Waals surface area contributed by atoms with Gasteiger partial charge in [-0.05, 0) is 19.9 Å². The molecular formula is C12H22N2O5. The van der Waals surface area contributed by atoms with Crippen LogP contribution in [0.4, 0.5) is 0 Å². The number of rotatable bonds is 9. The number of methoxy groups -OCH3 is 1. The van der Waals surface area contributed by atoms with Gasteiger partial charge in [-0.3, -0.25) is 9.59 Å². The van der Waals surface area contributed by atoms with Crippen LogP contribution in [0.3, 0.4) is 0 Å². The average Bonchev–Trinajstić information content (AvgIpc) is 2.36. The highest BCUT2D eigenvalue weighted by Gasteiger charge is 2.19. The average molecular weight is 274 g/mol. The molecule has 0 aliphatic rings. The maximum absolute atomic E-state index is 11.4. The van der Waals surface area contributed by atoms with E-state index >= 15 is 0 Å². The molecule has 0 bridgehead atoms. The molecule has 0 saturated heterocycles. The second-order valence-electron chi connectivity index (χ2n) is 3.89. The van der Waals surface area contributed by atoms with Gasteiger partial charge in [0, 0.05) is 19.9 Å². The van der Waals surface area contributed by atoms with Gasteiger partial charge in [0.25, 0.3) is 0 Å². The van der Waals surface area contributed by atoms with Gasteiger partial charge < -0.3 is 20.1 Å². The summed E-state index contributed by atoms with van der Waals surface area (Å²) in [4.78, 5) is 33.3. The summed E-state index contributed by atoms with van der Waals surface area (Å²) in [5.74, 6) is -1.05. The Morgan fingerprint density at radius 2 is 1.95 bits per heavy atom. The van der Waals surface area contributed by atoms with E-state index in [1.54, 1.807) is 6.92 Å². The van der Waals surface area contributed by atoms with Crippen LogP contribution in [0.1, 0.15) is 26.7 Å². The van der Waals surface area contributed by atoms with E-state index < -0.39 is 12.0 Å². The summed E-state index contributed by atoms with van der Waals surface area (Å²) in [5, 5.41) is 5.46. The molecule has 0 radical (unpaired) electrons. The maximum atomic E-state index is 11.4. The van der Waals surface area contributed by atoms with Crippen LogP contribution in [0, 0.1) is 0 Å². The van der Waals surface area contributed by atoms with E-state index in [4.69, 9.17) is 4.74 Å². The predicted molar refractivity (Wildman–Crippen MR) is 68.4 cm³/mol. The zero-order valence-electron chi connectivity index (χ0n) is 11.7. The summed E-state index contributed by atoms with van der Waals surface area (Å²) in [7, 11) is 1.26. The summed E-state index contributed by atoms with van der Waals surface area (Å²) in [6, 6.07) is -0.718. The Labute approximate surface area is 113 Å². The van der Waals surface area contributed by atoms with Crippen molar-refractivity contribution in [2.24, 2.45) is 0 Å². The first-order valence-corrected chi connectivity index (χ1v) is 6.22. The highest BCUT2D eigenvalue weighted by molar-refractivity contribution is 5.83. The van der Waals surface area contributed by atoms with Gasteiger partial charge in [-0.25, -0.2) is 4.79 Å². The van der Waals surface area contributed by atoms with Crippen LogP contribution in [-0.2, 0) is 23.9 Å². The third-order valence-corrected chi connectivity index (χ3v) is 2.25. The molecule has 0 saturated carbocycles. The molecule has 1 atom stereocenters. The van der Waals surface area contributed by atoms with E-state index in [9.17, 15) is 14.4 Å². The third kappa shape index (κ3) is 9.01. The quantitative estimate of drug-likeness (QED) is 0.439. The Balaban J connectivity index is 3.84. The number of hydrogen-bond donors (Lipinski definition) is 2. The van der Waals surface area contributed by atoms with E-state index in [1.807, 2.05) is 0 Å².